The van der Waals surface area contributed by atoms with E-state index in [1.807, 2.05) is 0 Å². The van der Waals surface area contributed by atoms with Crippen LogP contribution in [0.25, 0.3) is 0 Å². The van der Waals surface area contributed by atoms with Crippen LogP contribution < -0.4 is 68.9 Å². The molecule has 0 heterocycles. The van der Waals surface area contributed by atoms with E-state index < -0.39 is 10.1 Å². The van der Waals surface area contributed by atoms with Gasteiger partial charge in [-0.05, 0) is 12.1 Å². The second-order valence-corrected chi connectivity index (χ2v) is 3.64. The molecule has 0 bridgehead atoms. The summed E-state index contributed by atoms with van der Waals surface area (Å²) >= 11 is 5.43. The van der Waals surface area contributed by atoms with Crippen LogP contribution in [0.15, 0.2) is 29.2 Å². The molecule has 0 fully saturated rings. The minimum Gasteiger partial charge on any atom is -0.744 e. The van der Waals surface area contributed by atoms with Crippen LogP contribution in [0.2, 0.25) is 5.02 Å². The normalized spacial score (nSPS) is 10.5. The fourth-order valence-electron chi connectivity index (χ4n) is 0.647. The molecule has 0 saturated carbocycles. The molecule has 0 aliphatic carbocycles. The van der Waals surface area contributed by atoms with Gasteiger partial charge in [0.1, 0.15) is 10.1 Å². The molecule has 0 unspecified atom stereocenters. The first-order valence-corrected chi connectivity index (χ1v) is 4.51. The molecule has 0 atom stereocenters. The van der Waals surface area contributed by atoms with Crippen molar-refractivity contribution in [3.8, 4) is 0 Å². The first-order chi connectivity index (χ1) is 5.02. The van der Waals surface area contributed by atoms with Gasteiger partial charge in [-0.1, -0.05) is 23.7 Å². The first kappa shape index (κ1) is 13.5. The van der Waals surface area contributed by atoms with Crippen molar-refractivity contribution >= 4 is 21.7 Å². The van der Waals surface area contributed by atoms with Gasteiger partial charge in [0.2, 0.25) is 0 Å². The van der Waals surface area contributed by atoms with E-state index in [-0.39, 0.29) is 78.8 Å². The Morgan fingerprint density at radius 2 is 1.75 bits per heavy atom. The van der Waals surface area contributed by atoms with E-state index in [0.717, 1.165) is 0 Å². The molecule has 0 saturated heterocycles. The van der Waals surface area contributed by atoms with E-state index in [2.05, 4.69) is 0 Å². The largest absolute Gasteiger partial charge is 1.00 e. The minimum atomic E-state index is -4.42. The van der Waals surface area contributed by atoms with E-state index in [1.54, 1.807) is 6.07 Å². The van der Waals surface area contributed by atoms with E-state index in [9.17, 15) is 13.0 Å². The predicted molar refractivity (Wildman–Crippen MR) is 39.4 cm³/mol. The topological polar surface area (TPSA) is 57.2 Å². The molecule has 1 rings (SSSR count). The van der Waals surface area contributed by atoms with Crippen LogP contribution in [0.5, 0.6) is 0 Å². The molecule has 12 heavy (non-hydrogen) atoms. The minimum absolute atomic E-state index is 0. The maximum atomic E-state index is 10.4. The summed E-state index contributed by atoms with van der Waals surface area (Å²) in [6.07, 6.45) is 0. The SMILES string of the molecule is O=S(=O)([O-])c1ccccc1Cl.[Cs+]. The van der Waals surface area contributed by atoms with Crippen molar-refractivity contribution in [1.29, 1.82) is 0 Å². The molecule has 1 aromatic carbocycles. The summed E-state index contributed by atoms with van der Waals surface area (Å²) in [5.74, 6) is 0. The smallest absolute Gasteiger partial charge is 0.744 e. The average Bonchev–Trinajstić information content (AvgIpc) is 1.86. The zero-order chi connectivity index (χ0) is 8.48. The van der Waals surface area contributed by atoms with Gasteiger partial charge in [0, 0.05) is 0 Å². The number of halogens is 1. The molecule has 0 aliphatic rings. The van der Waals surface area contributed by atoms with Gasteiger partial charge in [0.15, 0.2) is 0 Å². The Kier molecular flexibility index (Phi) is 6.04. The second-order valence-electron chi connectivity index (χ2n) is 1.88. The monoisotopic (exact) mass is 324 g/mol. The third-order valence-electron chi connectivity index (χ3n) is 1.11. The number of hydrogen-bond acceptors (Lipinski definition) is 3. The fourth-order valence-corrected chi connectivity index (χ4v) is 1.62. The van der Waals surface area contributed by atoms with Gasteiger partial charge in [-0.25, -0.2) is 8.42 Å². The van der Waals surface area contributed by atoms with Crippen molar-refractivity contribution in [1.82, 2.24) is 0 Å². The van der Waals surface area contributed by atoms with Crippen molar-refractivity contribution in [2.45, 2.75) is 4.90 Å². The van der Waals surface area contributed by atoms with E-state index in [1.165, 1.54) is 18.2 Å². The van der Waals surface area contributed by atoms with E-state index in [4.69, 9.17) is 11.6 Å². The van der Waals surface area contributed by atoms with Crippen LogP contribution >= 0.6 is 11.6 Å². The maximum Gasteiger partial charge on any atom is 1.00 e. The zero-order valence-electron chi connectivity index (χ0n) is 6.32. The van der Waals surface area contributed by atoms with Gasteiger partial charge in [0.25, 0.3) is 0 Å². The molecule has 3 nitrogen and oxygen atoms in total. The van der Waals surface area contributed by atoms with Gasteiger partial charge in [-0.15, -0.1) is 0 Å². The molecule has 6 heteroatoms. The summed E-state index contributed by atoms with van der Waals surface area (Å²) < 4.78 is 31.2. The molecule has 0 N–H and O–H groups in total. The second kappa shape index (κ2) is 5.38. The third kappa shape index (κ3) is 3.69. The summed E-state index contributed by atoms with van der Waals surface area (Å²) in [4.78, 5) is -0.373. The average molecular weight is 325 g/mol. The van der Waals surface area contributed by atoms with Crippen molar-refractivity contribution in [2.24, 2.45) is 0 Å². The Labute approximate surface area is 135 Å². The molecule has 0 aromatic heterocycles. The molecule has 0 amide bonds. The Morgan fingerprint density at radius 1 is 1.25 bits per heavy atom. The third-order valence-corrected chi connectivity index (χ3v) is 2.44. The molecular weight excluding hydrogens is 320 g/mol. The van der Waals surface area contributed by atoms with Crippen molar-refractivity contribution < 1.29 is 81.9 Å². The summed E-state index contributed by atoms with van der Waals surface area (Å²) in [6, 6.07) is 5.52. The first-order valence-electron chi connectivity index (χ1n) is 2.72. The maximum absolute atomic E-state index is 10.4. The van der Waals surface area contributed by atoms with E-state index >= 15 is 0 Å². The van der Waals surface area contributed by atoms with Gasteiger partial charge >= 0.3 is 68.9 Å². The summed E-state index contributed by atoms with van der Waals surface area (Å²) in [6.45, 7) is 0. The Morgan fingerprint density at radius 3 is 2.08 bits per heavy atom. The van der Waals surface area contributed by atoms with Crippen molar-refractivity contribution in [3.05, 3.63) is 29.3 Å². The fraction of sp³-hybridized carbons (Fsp3) is 0. The van der Waals surface area contributed by atoms with Gasteiger partial charge < -0.3 is 4.55 Å². The van der Waals surface area contributed by atoms with Crippen LogP contribution in [-0.2, 0) is 10.1 Å². The predicted octanol–water partition coefficient (Wildman–Crippen LogP) is -1.75. The van der Waals surface area contributed by atoms with Crippen LogP contribution in [0.1, 0.15) is 0 Å². The Bertz CT molecular complexity index is 363. The Balaban J connectivity index is 0.00000121. The van der Waals surface area contributed by atoms with Crippen molar-refractivity contribution in [3.63, 3.8) is 0 Å². The molecule has 0 aliphatic heterocycles. The van der Waals surface area contributed by atoms with Gasteiger partial charge in [-0.3, -0.25) is 0 Å². The summed E-state index contributed by atoms with van der Waals surface area (Å²) in [5.41, 5.74) is 0. The van der Waals surface area contributed by atoms with Crippen LogP contribution in [-0.4, -0.2) is 13.0 Å². The summed E-state index contributed by atoms with van der Waals surface area (Å²) in [7, 11) is -4.42. The molecule has 60 valence electrons. The van der Waals surface area contributed by atoms with Gasteiger partial charge in [-0.2, -0.15) is 0 Å². The molecular formula is C6H4ClCsO3S. The number of rotatable bonds is 1. The Hall–Kier alpha value is 1.47. The van der Waals surface area contributed by atoms with Crippen LogP contribution in [0, 0.1) is 0 Å². The number of benzene rings is 1. The zero-order valence-corrected chi connectivity index (χ0v) is 14.2. The standard InChI is InChI=1S/C6H5ClO3S.Cs/c7-5-3-1-2-4-6(5)11(8,9)10;/h1-4H,(H,8,9,10);/q;+1/p-1. The molecule has 1 aromatic rings. The van der Waals surface area contributed by atoms with Crippen LogP contribution in [0.3, 0.4) is 0 Å². The van der Waals surface area contributed by atoms with Gasteiger partial charge in [0.05, 0.1) is 9.92 Å². The molecule has 0 spiro atoms. The number of hydrogen-bond donors (Lipinski definition) is 0. The molecule has 0 radical (unpaired) electrons. The van der Waals surface area contributed by atoms with Crippen LogP contribution in [0.4, 0.5) is 0 Å². The van der Waals surface area contributed by atoms with Crippen molar-refractivity contribution in [2.75, 3.05) is 0 Å². The van der Waals surface area contributed by atoms with E-state index in [0.29, 0.717) is 0 Å². The summed E-state index contributed by atoms with van der Waals surface area (Å²) in [5, 5.41) is -0.0394. The quantitative estimate of drug-likeness (QED) is 0.576.